The molecule has 0 spiro atoms. The Morgan fingerprint density at radius 1 is 0.921 bits per heavy atom. The Balaban J connectivity index is 1.38. The van der Waals surface area contributed by atoms with Gasteiger partial charge in [0, 0.05) is 41.9 Å². The number of rotatable bonds is 5. The summed E-state index contributed by atoms with van der Waals surface area (Å²) in [5.74, 6) is -0.0204. The van der Waals surface area contributed by atoms with Crippen LogP contribution in [0.2, 0.25) is 5.02 Å². The molecule has 194 valence electrons. The molecule has 1 saturated carbocycles. The number of hydrogen-bond acceptors (Lipinski definition) is 5. The van der Waals surface area contributed by atoms with E-state index in [1.165, 1.54) is 18.6 Å². The number of benzene rings is 3. The van der Waals surface area contributed by atoms with Gasteiger partial charge in [-0.25, -0.2) is 4.68 Å². The van der Waals surface area contributed by atoms with Crippen LogP contribution in [0.5, 0.6) is 11.5 Å². The second-order valence-corrected chi connectivity index (χ2v) is 10.5. The number of hydrogen-bond donors (Lipinski definition) is 3. The molecule has 0 unspecified atom stereocenters. The van der Waals surface area contributed by atoms with Gasteiger partial charge in [0.1, 0.15) is 22.9 Å². The molecule has 1 aromatic heterocycles. The summed E-state index contributed by atoms with van der Waals surface area (Å²) in [4.78, 5) is 15.4. The quantitative estimate of drug-likeness (QED) is 0.259. The summed E-state index contributed by atoms with van der Waals surface area (Å²) in [6, 6.07) is 20.3. The van der Waals surface area contributed by atoms with Crippen LogP contribution in [0.1, 0.15) is 59.6 Å². The van der Waals surface area contributed by atoms with E-state index in [2.05, 4.69) is 5.32 Å². The molecule has 2 aliphatic rings. The first kappa shape index (κ1) is 24.4. The predicted molar refractivity (Wildman–Crippen MR) is 148 cm³/mol. The van der Waals surface area contributed by atoms with E-state index in [1.807, 2.05) is 59.3 Å². The van der Waals surface area contributed by atoms with Crippen LogP contribution in [0, 0.1) is 0 Å². The van der Waals surface area contributed by atoms with E-state index in [1.54, 1.807) is 4.90 Å². The first-order valence-corrected chi connectivity index (χ1v) is 13.4. The van der Waals surface area contributed by atoms with Gasteiger partial charge in [0.25, 0.3) is 5.91 Å². The summed E-state index contributed by atoms with van der Waals surface area (Å²) in [5.41, 5.74) is 4.28. The summed E-state index contributed by atoms with van der Waals surface area (Å²) in [6.07, 6.45) is 5.48. The van der Waals surface area contributed by atoms with E-state index < -0.39 is 0 Å². The fourth-order valence-electron chi connectivity index (χ4n) is 5.59. The van der Waals surface area contributed by atoms with Gasteiger partial charge in [0.2, 0.25) is 0 Å². The zero-order chi connectivity index (χ0) is 26.2. The van der Waals surface area contributed by atoms with E-state index >= 15 is 0 Å². The topological polar surface area (TPSA) is 90.6 Å². The van der Waals surface area contributed by atoms with E-state index in [-0.39, 0.29) is 29.0 Å². The highest BCUT2D eigenvalue weighted by molar-refractivity contribution is 6.30. The predicted octanol–water partition coefficient (Wildman–Crippen LogP) is 7.02. The third-order valence-electron chi connectivity index (χ3n) is 7.48. The van der Waals surface area contributed by atoms with Crippen molar-refractivity contribution in [1.82, 2.24) is 14.7 Å². The maximum absolute atomic E-state index is 13.7. The summed E-state index contributed by atoms with van der Waals surface area (Å²) in [7, 11) is 0. The Morgan fingerprint density at radius 2 is 1.66 bits per heavy atom. The molecule has 3 aromatic carbocycles. The molecule has 1 amide bonds. The minimum atomic E-state index is -0.306. The van der Waals surface area contributed by atoms with Crippen molar-refractivity contribution in [1.29, 1.82) is 0 Å². The third kappa shape index (κ3) is 4.70. The molecule has 0 bridgehead atoms. The number of phenolic OH excluding ortho intramolecular Hbond substituents is 2. The first-order valence-electron chi connectivity index (χ1n) is 13.0. The minimum Gasteiger partial charge on any atom is -0.508 e. The highest BCUT2D eigenvalue weighted by Crippen LogP contribution is 2.39. The third-order valence-corrected chi connectivity index (χ3v) is 7.72. The maximum atomic E-state index is 13.7. The molecule has 2 heterocycles. The second-order valence-electron chi connectivity index (χ2n) is 10.1. The molecular formula is C30H29ClN4O3. The monoisotopic (exact) mass is 528 g/mol. The van der Waals surface area contributed by atoms with Crippen molar-refractivity contribution in [3.8, 4) is 22.8 Å². The lowest BCUT2D eigenvalue weighted by Gasteiger charge is -2.25. The van der Waals surface area contributed by atoms with Crippen LogP contribution < -0.4 is 5.32 Å². The Morgan fingerprint density at radius 3 is 2.37 bits per heavy atom. The molecule has 7 nitrogen and oxygen atoms in total. The number of anilines is 2. The van der Waals surface area contributed by atoms with Crippen LogP contribution in [-0.4, -0.2) is 30.8 Å². The van der Waals surface area contributed by atoms with Crippen molar-refractivity contribution in [3.63, 3.8) is 0 Å². The number of fused-ring (bicyclic) bond motifs is 1. The largest absolute Gasteiger partial charge is 0.508 e. The minimum absolute atomic E-state index is 0.122. The van der Waals surface area contributed by atoms with E-state index in [0.29, 0.717) is 29.6 Å². The average Bonchev–Trinajstić information content (AvgIpc) is 3.53. The number of nitrogens with one attached hydrogen (secondary N) is 1. The van der Waals surface area contributed by atoms with E-state index in [4.69, 9.17) is 16.7 Å². The summed E-state index contributed by atoms with van der Waals surface area (Å²) >= 11 is 6.26. The number of phenols is 2. The number of aromatic hydroxyl groups is 2. The molecule has 1 aliphatic carbocycles. The van der Waals surface area contributed by atoms with Gasteiger partial charge >= 0.3 is 0 Å². The van der Waals surface area contributed by atoms with E-state index in [9.17, 15) is 15.0 Å². The van der Waals surface area contributed by atoms with Crippen LogP contribution in [0.15, 0.2) is 66.7 Å². The van der Waals surface area contributed by atoms with Gasteiger partial charge < -0.3 is 20.4 Å². The number of aromatic nitrogens is 2. The molecule has 4 aromatic rings. The zero-order valence-corrected chi connectivity index (χ0v) is 21.7. The van der Waals surface area contributed by atoms with Crippen LogP contribution in [0.3, 0.4) is 0 Å². The average molecular weight is 529 g/mol. The van der Waals surface area contributed by atoms with Crippen molar-refractivity contribution in [2.75, 3.05) is 5.32 Å². The van der Waals surface area contributed by atoms with Crippen LogP contribution in [0.4, 0.5) is 11.5 Å². The number of halogens is 1. The van der Waals surface area contributed by atoms with Gasteiger partial charge in [-0.15, -0.1) is 0 Å². The molecule has 0 radical (unpaired) electrons. The normalized spacial score (nSPS) is 15.4. The summed E-state index contributed by atoms with van der Waals surface area (Å²) in [6.45, 7) is 0.932. The molecule has 6 rings (SSSR count). The second kappa shape index (κ2) is 10.1. The smallest absolute Gasteiger partial charge is 0.260 e. The van der Waals surface area contributed by atoms with Crippen molar-refractivity contribution >= 4 is 29.0 Å². The Hall–Kier alpha value is -3.97. The van der Waals surface area contributed by atoms with Gasteiger partial charge in [0.15, 0.2) is 0 Å². The van der Waals surface area contributed by atoms with Crippen molar-refractivity contribution < 1.29 is 15.0 Å². The van der Waals surface area contributed by atoms with Gasteiger partial charge in [-0.3, -0.25) is 4.79 Å². The SMILES string of the molecule is O=C(c1c(O)cc(O)cc1Nc1cc(-c2cccc(Cl)c2)nn1C1CCCCC1)N1Cc2ccccc2C1. The highest BCUT2D eigenvalue weighted by atomic mass is 35.5. The Labute approximate surface area is 226 Å². The maximum Gasteiger partial charge on any atom is 0.260 e. The highest BCUT2D eigenvalue weighted by Gasteiger charge is 2.29. The summed E-state index contributed by atoms with van der Waals surface area (Å²) < 4.78 is 1.98. The molecular weight excluding hydrogens is 500 g/mol. The number of carbonyl (C=O) groups is 1. The van der Waals surface area contributed by atoms with Crippen molar-refractivity contribution in [2.24, 2.45) is 0 Å². The van der Waals surface area contributed by atoms with Crippen molar-refractivity contribution in [3.05, 3.63) is 88.4 Å². The molecule has 1 fully saturated rings. The number of nitrogens with zero attached hydrogens (tertiary/aromatic N) is 3. The van der Waals surface area contributed by atoms with Crippen molar-refractivity contribution in [2.45, 2.75) is 51.2 Å². The lowest BCUT2D eigenvalue weighted by atomic mass is 9.96. The fraction of sp³-hybridized carbons (Fsp3) is 0.267. The first-order chi connectivity index (χ1) is 18.5. The van der Waals surface area contributed by atoms with E-state index in [0.717, 1.165) is 48.1 Å². The van der Waals surface area contributed by atoms with Gasteiger partial charge in [0.05, 0.1) is 17.4 Å². The molecule has 38 heavy (non-hydrogen) atoms. The lowest BCUT2D eigenvalue weighted by Crippen LogP contribution is -2.26. The fourth-order valence-corrected chi connectivity index (χ4v) is 5.78. The molecule has 8 heteroatoms. The van der Waals surface area contributed by atoms with Gasteiger partial charge in [-0.1, -0.05) is 67.3 Å². The zero-order valence-electron chi connectivity index (χ0n) is 20.9. The Bertz CT molecular complexity index is 1480. The van der Waals surface area contributed by atoms with Crippen LogP contribution >= 0.6 is 11.6 Å². The number of carbonyl (C=O) groups excluding carboxylic acids is 1. The molecule has 0 saturated heterocycles. The molecule has 0 atom stereocenters. The lowest BCUT2D eigenvalue weighted by molar-refractivity contribution is 0.0749. The van der Waals surface area contributed by atoms with Crippen LogP contribution in [0.25, 0.3) is 11.3 Å². The van der Waals surface area contributed by atoms with Gasteiger partial charge in [-0.2, -0.15) is 5.10 Å². The Kier molecular flexibility index (Phi) is 6.45. The number of amides is 1. The molecule has 3 N–H and O–H groups in total. The summed E-state index contributed by atoms with van der Waals surface area (Å²) in [5, 5.41) is 30.1. The molecule has 1 aliphatic heterocycles. The van der Waals surface area contributed by atoms with Crippen LogP contribution in [-0.2, 0) is 13.1 Å². The van der Waals surface area contributed by atoms with Gasteiger partial charge in [-0.05, 0) is 36.1 Å². The standard InChI is InChI=1S/C30H29ClN4O3/c31-22-10-6-9-19(13-22)25-16-28(35(33-25)23-11-2-1-3-12-23)32-26-14-24(36)15-27(37)29(26)30(38)34-17-20-7-4-5-8-21(20)18-34/h4-10,13-16,23,32,36-37H,1-3,11-12,17-18H2.